The highest BCUT2D eigenvalue weighted by Gasteiger charge is 2.21. The molecule has 2 aromatic heterocycles. The van der Waals surface area contributed by atoms with E-state index in [1.807, 2.05) is 54.6 Å². The van der Waals surface area contributed by atoms with Crippen LogP contribution in [-0.4, -0.2) is 31.6 Å². The van der Waals surface area contributed by atoms with Crippen molar-refractivity contribution in [1.82, 2.24) is 25.3 Å². The van der Waals surface area contributed by atoms with E-state index in [4.69, 9.17) is 9.98 Å². The van der Waals surface area contributed by atoms with E-state index in [1.165, 1.54) is 0 Å². The lowest BCUT2D eigenvalue weighted by Gasteiger charge is -2.24. The zero-order valence-electron chi connectivity index (χ0n) is 23.5. The number of aliphatic imine (C=N–C) groups is 2. The highest BCUT2D eigenvalue weighted by molar-refractivity contribution is 6.13. The van der Waals surface area contributed by atoms with Crippen molar-refractivity contribution in [1.29, 1.82) is 0 Å². The number of nitrogens with one attached hydrogen (secondary N) is 1. The zero-order valence-corrected chi connectivity index (χ0v) is 23.5. The molecule has 44 heavy (non-hydrogen) atoms. The molecule has 1 aliphatic heterocycles. The highest BCUT2D eigenvalue weighted by Crippen LogP contribution is 2.29. The van der Waals surface area contributed by atoms with Crippen LogP contribution in [-0.2, 0) is 0 Å². The lowest BCUT2D eigenvalue weighted by molar-refractivity contribution is 0.674. The van der Waals surface area contributed by atoms with Gasteiger partial charge in [0.2, 0.25) is 0 Å². The fourth-order valence-corrected chi connectivity index (χ4v) is 5.56. The van der Waals surface area contributed by atoms with Gasteiger partial charge in [-0.15, -0.1) is 0 Å². The topological polar surface area (TPSA) is 88.3 Å². The standard InChI is InChI=1S/C37H25N7/c1-2-8-26(9-3-1)35-42-36(27-18-14-24(15-19-27)33-29-10-4-6-12-31(29)38-22-40-33)44-37(43-35)28-20-16-25(17-21-28)34-30-11-5-7-13-32(30)39-23-41-34/h1-23,36H,(H,42,43,44). The second kappa shape index (κ2) is 11.0. The molecule has 0 saturated carbocycles. The Morgan fingerprint density at radius 1 is 0.455 bits per heavy atom. The van der Waals surface area contributed by atoms with Crippen LogP contribution in [0.4, 0.5) is 0 Å². The van der Waals surface area contributed by atoms with Gasteiger partial charge in [-0.05, 0) is 17.7 Å². The van der Waals surface area contributed by atoms with Crippen LogP contribution in [0.25, 0.3) is 44.3 Å². The number of fused-ring (bicyclic) bond motifs is 2. The highest BCUT2D eigenvalue weighted by atomic mass is 15.2. The normalized spacial score (nSPS) is 14.6. The number of benzene rings is 5. The van der Waals surface area contributed by atoms with Gasteiger partial charge in [-0.2, -0.15) is 0 Å². The van der Waals surface area contributed by atoms with E-state index in [0.29, 0.717) is 5.84 Å². The first-order chi connectivity index (χ1) is 21.8. The Morgan fingerprint density at radius 2 is 0.977 bits per heavy atom. The van der Waals surface area contributed by atoms with Crippen molar-refractivity contribution >= 4 is 33.5 Å². The zero-order chi connectivity index (χ0) is 29.3. The number of hydrogen-bond acceptors (Lipinski definition) is 7. The monoisotopic (exact) mass is 567 g/mol. The van der Waals surface area contributed by atoms with E-state index in [2.05, 4.69) is 98.0 Å². The molecule has 5 aromatic carbocycles. The largest absolute Gasteiger partial charge is 0.344 e. The summed E-state index contributed by atoms with van der Waals surface area (Å²) in [5, 5.41) is 5.59. The molecule has 1 aliphatic rings. The molecule has 0 radical (unpaired) electrons. The third-order valence-electron chi connectivity index (χ3n) is 7.79. The molecule has 0 bridgehead atoms. The number of hydrogen-bond donors (Lipinski definition) is 1. The number of rotatable bonds is 5. The van der Waals surface area contributed by atoms with Crippen molar-refractivity contribution in [2.75, 3.05) is 0 Å². The van der Waals surface area contributed by atoms with E-state index in [-0.39, 0.29) is 6.17 Å². The first kappa shape index (κ1) is 25.6. The minimum atomic E-state index is -0.320. The van der Waals surface area contributed by atoms with Crippen LogP contribution in [0.1, 0.15) is 22.9 Å². The van der Waals surface area contributed by atoms with Gasteiger partial charge in [0.05, 0.1) is 22.4 Å². The van der Waals surface area contributed by atoms with Gasteiger partial charge in [0.25, 0.3) is 0 Å². The Labute approximate surface area is 253 Å². The molecule has 7 nitrogen and oxygen atoms in total. The molecule has 1 atom stereocenters. The summed E-state index contributed by atoms with van der Waals surface area (Å²) in [6, 6.07) is 42.9. The minimum Gasteiger partial charge on any atom is -0.344 e. The molecular weight excluding hydrogens is 542 g/mol. The first-order valence-corrected chi connectivity index (χ1v) is 14.4. The van der Waals surface area contributed by atoms with Gasteiger partial charge < -0.3 is 5.32 Å². The maximum Gasteiger partial charge on any atom is 0.159 e. The summed E-state index contributed by atoms with van der Waals surface area (Å²) in [5.74, 6) is 1.44. The van der Waals surface area contributed by atoms with Gasteiger partial charge in [0.1, 0.15) is 24.7 Å². The van der Waals surface area contributed by atoms with Crippen LogP contribution in [0.15, 0.2) is 150 Å². The second-order valence-corrected chi connectivity index (χ2v) is 10.5. The van der Waals surface area contributed by atoms with Crippen LogP contribution in [0.2, 0.25) is 0 Å². The molecule has 208 valence electrons. The summed E-state index contributed by atoms with van der Waals surface area (Å²) in [6.07, 6.45) is 2.91. The Hall–Kier alpha value is -6.08. The summed E-state index contributed by atoms with van der Waals surface area (Å²) >= 11 is 0. The van der Waals surface area contributed by atoms with Crippen LogP contribution in [0.3, 0.4) is 0 Å². The van der Waals surface area contributed by atoms with Crippen molar-refractivity contribution in [3.05, 3.63) is 157 Å². The molecule has 0 spiro atoms. The molecule has 1 N–H and O–H groups in total. The van der Waals surface area contributed by atoms with Gasteiger partial charge in [-0.25, -0.2) is 29.9 Å². The van der Waals surface area contributed by atoms with Crippen molar-refractivity contribution in [2.24, 2.45) is 9.98 Å². The van der Waals surface area contributed by atoms with Crippen molar-refractivity contribution in [3.8, 4) is 22.5 Å². The summed E-state index contributed by atoms with van der Waals surface area (Å²) in [7, 11) is 0. The van der Waals surface area contributed by atoms with Crippen molar-refractivity contribution in [2.45, 2.75) is 6.17 Å². The van der Waals surface area contributed by atoms with Gasteiger partial charge in [0.15, 0.2) is 5.84 Å². The van der Waals surface area contributed by atoms with Crippen LogP contribution >= 0.6 is 0 Å². The fraction of sp³-hybridized carbons (Fsp3) is 0.0270. The predicted octanol–water partition coefficient (Wildman–Crippen LogP) is 7.40. The van der Waals surface area contributed by atoms with Gasteiger partial charge in [-0.1, -0.05) is 115 Å². The molecule has 0 aliphatic carbocycles. The minimum absolute atomic E-state index is 0.320. The van der Waals surface area contributed by atoms with Gasteiger partial charge in [-0.3, -0.25) is 0 Å². The molecule has 0 fully saturated rings. The second-order valence-electron chi connectivity index (χ2n) is 10.5. The van der Waals surface area contributed by atoms with Crippen LogP contribution in [0.5, 0.6) is 0 Å². The first-order valence-electron chi connectivity index (χ1n) is 14.4. The fourth-order valence-electron chi connectivity index (χ4n) is 5.56. The Balaban J connectivity index is 1.15. The van der Waals surface area contributed by atoms with E-state index in [1.54, 1.807) is 12.7 Å². The van der Waals surface area contributed by atoms with E-state index < -0.39 is 0 Å². The Morgan fingerprint density at radius 3 is 1.59 bits per heavy atom. The molecule has 1 unspecified atom stereocenters. The summed E-state index contributed by atoms with van der Waals surface area (Å²) in [4.78, 5) is 28.0. The number of nitrogens with zero attached hydrogens (tertiary/aromatic N) is 6. The molecule has 3 heterocycles. The third-order valence-corrected chi connectivity index (χ3v) is 7.79. The number of aromatic nitrogens is 4. The lowest BCUT2D eigenvalue weighted by atomic mass is 10.0. The quantitative estimate of drug-likeness (QED) is 0.234. The van der Waals surface area contributed by atoms with Crippen molar-refractivity contribution in [3.63, 3.8) is 0 Å². The summed E-state index contributed by atoms with van der Waals surface area (Å²) in [6.45, 7) is 0. The summed E-state index contributed by atoms with van der Waals surface area (Å²) in [5.41, 5.74) is 8.64. The van der Waals surface area contributed by atoms with Gasteiger partial charge >= 0.3 is 0 Å². The average Bonchev–Trinajstić information content (AvgIpc) is 3.11. The maximum absolute atomic E-state index is 5.07. The van der Waals surface area contributed by atoms with E-state index in [0.717, 1.165) is 66.8 Å². The van der Waals surface area contributed by atoms with E-state index >= 15 is 0 Å². The van der Waals surface area contributed by atoms with E-state index in [9.17, 15) is 0 Å². The Bertz CT molecular complexity index is 2180. The lowest BCUT2D eigenvalue weighted by Crippen LogP contribution is -2.33. The SMILES string of the molecule is c1ccc(C2=NC(c3ccc(-c4ncnc5ccccc45)cc3)=NC(c3ccc(-c4ncnc5ccccc45)cc3)N2)cc1. The molecular formula is C37H25N7. The third kappa shape index (κ3) is 4.76. The molecule has 8 rings (SSSR count). The van der Waals surface area contributed by atoms with Crippen molar-refractivity contribution < 1.29 is 0 Å². The maximum atomic E-state index is 5.07. The molecule has 0 amide bonds. The van der Waals surface area contributed by atoms with Crippen LogP contribution < -0.4 is 5.32 Å². The molecule has 7 aromatic rings. The van der Waals surface area contributed by atoms with Crippen LogP contribution in [0, 0.1) is 0 Å². The predicted molar refractivity (Wildman–Crippen MR) is 175 cm³/mol. The number of para-hydroxylation sites is 2. The Kier molecular flexibility index (Phi) is 6.38. The van der Waals surface area contributed by atoms with Gasteiger partial charge in [0, 0.05) is 33.0 Å². The molecule has 7 heteroatoms. The average molecular weight is 568 g/mol. The summed E-state index contributed by atoms with van der Waals surface area (Å²) < 4.78 is 0. The molecule has 0 saturated heterocycles. The smallest absolute Gasteiger partial charge is 0.159 e. The number of amidine groups is 2.